The number of ether oxygens (including phenoxy) is 1. The van der Waals surface area contributed by atoms with Gasteiger partial charge in [-0.15, -0.1) is 11.3 Å². The lowest BCUT2D eigenvalue weighted by Crippen LogP contribution is -2.40. The van der Waals surface area contributed by atoms with Crippen LogP contribution in [0.5, 0.6) is 0 Å². The van der Waals surface area contributed by atoms with Gasteiger partial charge < -0.3 is 21.1 Å². The molecule has 36 heavy (non-hydrogen) atoms. The third-order valence-electron chi connectivity index (χ3n) is 6.59. The maximum atomic E-state index is 5.76. The lowest BCUT2D eigenvalue weighted by atomic mass is 10.00. The summed E-state index contributed by atoms with van der Waals surface area (Å²) in [4.78, 5) is 16.5. The van der Waals surface area contributed by atoms with Crippen molar-refractivity contribution in [2.75, 3.05) is 50.4 Å². The van der Waals surface area contributed by atoms with Crippen LogP contribution in [-0.2, 0) is 17.8 Å². The van der Waals surface area contributed by atoms with E-state index in [1.165, 1.54) is 31.7 Å². The Morgan fingerprint density at radius 3 is 2.89 bits per heavy atom. The highest BCUT2D eigenvalue weighted by Crippen LogP contribution is 2.39. The van der Waals surface area contributed by atoms with E-state index in [1.54, 1.807) is 6.20 Å². The van der Waals surface area contributed by atoms with Crippen LogP contribution in [-0.4, -0.2) is 60.5 Å². The average molecular weight is 500 g/mol. The van der Waals surface area contributed by atoms with Gasteiger partial charge in [-0.05, 0) is 58.5 Å². The molecule has 1 saturated heterocycles. The molecule has 4 heterocycles. The molecular weight excluding hydrogens is 470 g/mol. The van der Waals surface area contributed by atoms with Crippen LogP contribution in [0.25, 0.3) is 20.5 Å². The van der Waals surface area contributed by atoms with Gasteiger partial charge in [0, 0.05) is 66.0 Å². The Bertz CT molecular complexity index is 1410. The smallest absolute Gasteiger partial charge is 0.221 e. The first kappa shape index (κ1) is 23.1. The SMILES string of the molecule is Nc1nccc(Nc2cc3c(c(-c4cc5cc(CNCCN6CCOCC6)ccc5s4)c2)CN=C3)n1. The molecule has 6 rings (SSSR count). The molecule has 2 aliphatic rings. The van der Waals surface area contributed by atoms with Crippen molar-refractivity contribution in [3.05, 3.63) is 65.4 Å². The molecule has 0 radical (unpaired) electrons. The van der Waals surface area contributed by atoms with E-state index in [-0.39, 0.29) is 5.95 Å². The summed E-state index contributed by atoms with van der Waals surface area (Å²) in [7, 11) is 0. The molecule has 0 saturated carbocycles. The standard InChI is InChI=1S/C27H29N7OS/c28-27-31-4-3-26(33-27)32-21-12-20-16-30-17-23(20)22(14-21)25-13-19-11-18(1-2-24(19)36-25)15-29-5-6-34-7-9-35-10-8-34/h1-4,11-14,16,29H,5-10,15,17H2,(H3,28,31,32,33). The minimum Gasteiger partial charge on any atom is -0.379 e. The van der Waals surface area contributed by atoms with Crippen LogP contribution in [0.15, 0.2) is 53.7 Å². The molecule has 2 aromatic heterocycles. The number of nitrogens with one attached hydrogen (secondary N) is 2. The maximum Gasteiger partial charge on any atom is 0.221 e. The third-order valence-corrected chi connectivity index (χ3v) is 7.74. The molecule has 9 heteroatoms. The van der Waals surface area contributed by atoms with Gasteiger partial charge in [0.15, 0.2) is 0 Å². The van der Waals surface area contributed by atoms with E-state index in [2.05, 4.69) is 66.9 Å². The fraction of sp³-hybridized carbons (Fsp3) is 0.296. The summed E-state index contributed by atoms with van der Waals surface area (Å²) < 4.78 is 6.72. The van der Waals surface area contributed by atoms with Crippen LogP contribution in [0.4, 0.5) is 17.5 Å². The van der Waals surface area contributed by atoms with Crippen molar-refractivity contribution in [1.29, 1.82) is 0 Å². The molecule has 0 spiro atoms. The zero-order valence-corrected chi connectivity index (χ0v) is 20.9. The van der Waals surface area contributed by atoms with Crippen molar-refractivity contribution in [2.45, 2.75) is 13.1 Å². The van der Waals surface area contributed by atoms with Crippen molar-refractivity contribution < 1.29 is 4.74 Å². The van der Waals surface area contributed by atoms with Crippen LogP contribution in [0.1, 0.15) is 16.7 Å². The summed E-state index contributed by atoms with van der Waals surface area (Å²) >= 11 is 1.82. The Morgan fingerprint density at radius 1 is 1.08 bits per heavy atom. The van der Waals surface area contributed by atoms with Crippen molar-refractivity contribution in [2.24, 2.45) is 4.99 Å². The molecule has 184 valence electrons. The largest absolute Gasteiger partial charge is 0.379 e. The highest BCUT2D eigenvalue weighted by molar-refractivity contribution is 7.22. The first-order valence-corrected chi connectivity index (χ1v) is 13.1. The van der Waals surface area contributed by atoms with Gasteiger partial charge in [0.2, 0.25) is 5.95 Å². The minimum atomic E-state index is 0.249. The molecule has 2 aromatic carbocycles. The highest BCUT2D eigenvalue weighted by Gasteiger charge is 2.17. The number of nitrogens with zero attached hydrogens (tertiary/aromatic N) is 4. The van der Waals surface area contributed by atoms with Gasteiger partial charge in [-0.1, -0.05) is 6.07 Å². The van der Waals surface area contributed by atoms with Crippen molar-refractivity contribution in [1.82, 2.24) is 20.2 Å². The lowest BCUT2D eigenvalue weighted by Gasteiger charge is -2.26. The zero-order valence-electron chi connectivity index (χ0n) is 20.0. The Labute approximate surface area is 214 Å². The normalized spacial score (nSPS) is 15.4. The maximum absolute atomic E-state index is 5.76. The summed E-state index contributed by atoms with van der Waals surface area (Å²) in [6.07, 6.45) is 3.60. The second kappa shape index (κ2) is 10.3. The second-order valence-corrected chi connectivity index (χ2v) is 10.2. The molecule has 4 aromatic rings. The van der Waals surface area contributed by atoms with Crippen molar-refractivity contribution in [3.63, 3.8) is 0 Å². The van der Waals surface area contributed by atoms with Crippen LogP contribution in [0.2, 0.25) is 0 Å². The fourth-order valence-electron chi connectivity index (χ4n) is 4.73. The molecule has 2 aliphatic heterocycles. The third kappa shape index (κ3) is 5.10. The van der Waals surface area contributed by atoms with Gasteiger partial charge in [-0.25, -0.2) is 4.98 Å². The van der Waals surface area contributed by atoms with Crippen molar-refractivity contribution >= 4 is 45.1 Å². The molecular formula is C27H29N7OS. The Morgan fingerprint density at radius 2 is 2.00 bits per heavy atom. The van der Waals surface area contributed by atoms with Crippen LogP contribution < -0.4 is 16.4 Å². The summed E-state index contributed by atoms with van der Waals surface area (Å²) in [6.45, 7) is 7.38. The van der Waals surface area contributed by atoms with Gasteiger partial charge in [-0.3, -0.25) is 9.89 Å². The zero-order chi connectivity index (χ0) is 24.3. The van der Waals surface area contributed by atoms with E-state index in [0.29, 0.717) is 12.4 Å². The molecule has 1 fully saturated rings. The van der Waals surface area contributed by atoms with E-state index in [1.807, 2.05) is 23.6 Å². The number of rotatable bonds is 8. The number of nitrogen functional groups attached to an aromatic ring is 1. The minimum absolute atomic E-state index is 0.249. The number of benzene rings is 2. The van der Waals surface area contributed by atoms with Gasteiger partial charge in [0.1, 0.15) is 5.82 Å². The molecule has 0 unspecified atom stereocenters. The monoisotopic (exact) mass is 499 g/mol. The summed E-state index contributed by atoms with van der Waals surface area (Å²) in [5.74, 6) is 0.921. The molecule has 0 bridgehead atoms. The molecule has 4 N–H and O–H groups in total. The predicted molar refractivity (Wildman–Crippen MR) is 147 cm³/mol. The van der Waals surface area contributed by atoms with Gasteiger partial charge in [0.25, 0.3) is 0 Å². The summed E-state index contributed by atoms with van der Waals surface area (Å²) in [6, 6.07) is 15.2. The first-order valence-electron chi connectivity index (χ1n) is 12.3. The predicted octanol–water partition coefficient (Wildman–Crippen LogP) is 4.04. The number of aromatic nitrogens is 2. The van der Waals surface area contributed by atoms with E-state index in [4.69, 9.17) is 10.5 Å². The highest BCUT2D eigenvalue weighted by atomic mass is 32.1. The van der Waals surface area contributed by atoms with Crippen LogP contribution in [0.3, 0.4) is 0 Å². The lowest BCUT2D eigenvalue weighted by molar-refractivity contribution is 0.0384. The van der Waals surface area contributed by atoms with E-state index < -0.39 is 0 Å². The van der Waals surface area contributed by atoms with E-state index in [9.17, 15) is 0 Å². The molecule has 0 amide bonds. The number of nitrogens with two attached hydrogens (primary N) is 1. The number of morpholine rings is 1. The molecule has 0 aliphatic carbocycles. The quantitative estimate of drug-likeness (QED) is 0.315. The number of hydrogen-bond donors (Lipinski definition) is 3. The molecule has 8 nitrogen and oxygen atoms in total. The Hall–Kier alpha value is -3.37. The van der Waals surface area contributed by atoms with Gasteiger partial charge in [0.05, 0.1) is 19.8 Å². The second-order valence-electron chi connectivity index (χ2n) is 9.10. The first-order chi connectivity index (χ1) is 17.7. The van der Waals surface area contributed by atoms with Gasteiger partial charge >= 0.3 is 0 Å². The number of fused-ring (bicyclic) bond motifs is 2. The topological polar surface area (TPSA) is 101 Å². The number of hydrogen-bond acceptors (Lipinski definition) is 9. The Kier molecular flexibility index (Phi) is 6.61. The summed E-state index contributed by atoms with van der Waals surface area (Å²) in [5, 5.41) is 8.25. The van der Waals surface area contributed by atoms with E-state index in [0.717, 1.165) is 57.2 Å². The van der Waals surface area contributed by atoms with E-state index >= 15 is 0 Å². The molecule has 0 atom stereocenters. The van der Waals surface area contributed by atoms with Crippen LogP contribution >= 0.6 is 11.3 Å². The van der Waals surface area contributed by atoms with Crippen LogP contribution in [0, 0.1) is 0 Å². The number of anilines is 3. The van der Waals surface area contributed by atoms with Gasteiger partial charge in [-0.2, -0.15) is 4.98 Å². The van der Waals surface area contributed by atoms with Crippen molar-refractivity contribution in [3.8, 4) is 10.4 Å². The average Bonchev–Trinajstić information content (AvgIpc) is 3.53. The fourth-order valence-corrected chi connectivity index (χ4v) is 5.82. The Balaban J connectivity index is 1.20. The number of thiophene rings is 1. The number of aliphatic imine (C=N–C) groups is 1. The summed E-state index contributed by atoms with van der Waals surface area (Å²) in [5.41, 5.74) is 11.6.